The van der Waals surface area contributed by atoms with Gasteiger partial charge in [-0.1, -0.05) is 30.3 Å². The molecule has 0 spiro atoms. The molecule has 1 fully saturated rings. The van der Waals surface area contributed by atoms with Crippen LogP contribution in [0.15, 0.2) is 54.9 Å². The van der Waals surface area contributed by atoms with Crippen molar-refractivity contribution in [3.63, 3.8) is 0 Å². The summed E-state index contributed by atoms with van der Waals surface area (Å²) < 4.78 is 26.7. The highest BCUT2D eigenvalue weighted by Gasteiger charge is 2.29. The minimum absolute atomic E-state index is 0.0156. The number of H-pyrrole nitrogens is 1. The predicted octanol–water partition coefficient (Wildman–Crippen LogP) is 1.85. The standard InChI is InChI=1S/C19H20N4O3S/c24-19(16-6-7-17-18(12-16)21-14-20-17)22-8-10-23(11-9-22)27(25,26)13-15-4-2-1-3-5-15/h1-7,12,14H,8-11,13H2,(H,20,21). The quantitative estimate of drug-likeness (QED) is 0.744. The molecule has 1 saturated heterocycles. The SMILES string of the molecule is O=C(c1ccc2nc[nH]c2c1)N1CCN(S(=O)(=O)Cc2ccccc2)CC1. The number of amides is 1. The molecule has 0 saturated carbocycles. The van der Waals surface area contributed by atoms with Gasteiger partial charge >= 0.3 is 0 Å². The van der Waals surface area contributed by atoms with Gasteiger partial charge in [-0.15, -0.1) is 0 Å². The molecule has 1 N–H and O–H groups in total. The van der Waals surface area contributed by atoms with Gasteiger partial charge in [0.25, 0.3) is 5.91 Å². The second-order valence-corrected chi connectivity index (χ2v) is 8.54. The highest BCUT2D eigenvalue weighted by Crippen LogP contribution is 2.17. The maximum absolute atomic E-state index is 12.7. The zero-order chi connectivity index (χ0) is 18.9. The fourth-order valence-corrected chi connectivity index (χ4v) is 4.81. The number of hydrogen-bond donors (Lipinski definition) is 1. The molecule has 0 radical (unpaired) electrons. The van der Waals surface area contributed by atoms with Crippen LogP contribution in [-0.2, 0) is 15.8 Å². The number of rotatable bonds is 4. The molecule has 8 heteroatoms. The summed E-state index contributed by atoms with van der Waals surface area (Å²) in [5.41, 5.74) is 2.96. The number of aromatic nitrogens is 2. The molecule has 0 bridgehead atoms. The Morgan fingerprint density at radius 3 is 2.52 bits per heavy atom. The Labute approximate surface area is 157 Å². The van der Waals surface area contributed by atoms with Crippen LogP contribution in [0.1, 0.15) is 15.9 Å². The maximum atomic E-state index is 12.7. The van der Waals surface area contributed by atoms with Crippen molar-refractivity contribution < 1.29 is 13.2 Å². The molecule has 3 aromatic rings. The second kappa shape index (κ2) is 7.13. The van der Waals surface area contributed by atoms with Crippen LogP contribution in [0, 0.1) is 0 Å². The Morgan fingerprint density at radius 1 is 1.04 bits per heavy atom. The van der Waals surface area contributed by atoms with Crippen LogP contribution in [-0.4, -0.2) is 59.7 Å². The number of sulfonamides is 1. The molecule has 1 aliphatic heterocycles. The van der Waals surface area contributed by atoms with Crippen molar-refractivity contribution in [3.05, 3.63) is 66.0 Å². The van der Waals surface area contributed by atoms with E-state index in [1.54, 1.807) is 29.4 Å². The Balaban J connectivity index is 1.41. The van der Waals surface area contributed by atoms with Gasteiger partial charge < -0.3 is 9.88 Å². The van der Waals surface area contributed by atoms with Crippen LogP contribution < -0.4 is 0 Å². The molecular weight excluding hydrogens is 364 g/mol. The van der Waals surface area contributed by atoms with E-state index in [4.69, 9.17) is 0 Å². The third-order valence-electron chi connectivity index (χ3n) is 4.78. The first-order valence-corrected chi connectivity index (χ1v) is 10.4. The second-order valence-electron chi connectivity index (χ2n) is 6.57. The molecule has 2 heterocycles. The van der Waals surface area contributed by atoms with Gasteiger partial charge in [0.15, 0.2) is 0 Å². The minimum atomic E-state index is -3.39. The van der Waals surface area contributed by atoms with Gasteiger partial charge in [-0.25, -0.2) is 13.4 Å². The van der Waals surface area contributed by atoms with E-state index < -0.39 is 10.0 Å². The normalized spacial score (nSPS) is 15.9. The number of hydrogen-bond acceptors (Lipinski definition) is 4. The molecule has 27 heavy (non-hydrogen) atoms. The Morgan fingerprint density at radius 2 is 1.78 bits per heavy atom. The number of imidazole rings is 1. The lowest BCUT2D eigenvalue weighted by Gasteiger charge is -2.34. The number of piperazine rings is 1. The van der Waals surface area contributed by atoms with Crippen molar-refractivity contribution in [1.82, 2.24) is 19.2 Å². The Hall–Kier alpha value is -2.71. The molecule has 0 unspecified atom stereocenters. The first-order valence-electron chi connectivity index (χ1n) is 8.77. The summed E-state index contributed by atoms with van der Waals surface area (Å²) in [6, 6.07) is 14.5. The third kappa shape index (κ3) is 3.72. The van der Waals surface area contributed by atoms with Gasteiger partial charge in [0.1, 0.15) is 0 Å². The lowest BCUT2D eigenvalue weighted by Crippen LogP contribution is -2.50. The summed E-state index contributed by atoms with van der Waals surface area (Å²) in [5, 5.41) is 0. The van der Waals surface area contributed by atoms with Gasteiger partial charge in [0, 0.05) is 31.7 Å². The minimum Gasteiger partial charge on any atom is -0.345 e. The maximum Gasteiger partial charge on any atom is 0.254 e. The summed E-state index contributed by atoms with van der Waals surface area (Å²) in [4.78, 5) is 21.6. The molecule has 2 aromatic carbocycles. The van der Waals surface area contributed by atoms with Gasteiger partial charge in [-0.05, 0) is 23.8 Å². The molecule has 0 aliphatic carbocycles. The number of aromatic amines is 1. The highest BCUT2D eigenvalue weighted by molar-refractivity contribution is 7.88. The van der Waals surface area contributed by atoms with Crippen molar-refractivity contribution in [2.75, 3.05) is 26.2 Å². The van der Waals surface area contributed by atoms with E-state index in [2.05, 4.69) is 9.97 Å². The van der Waals surface area contributed by atoms with E-state index in [0.717, 1.165) is 16.6 Å². The Bertz CT molecular complexity index is 1050. The van der Waals surface area contributed by atoms with Gasteiger partial charge in [0.05, 0.1) is 23.1 Å². The van der Waals surface area contributed by atoms with Crippen molar-refractivity contribution in [1.29, 1.82) is 0 Å². The van der Waals surface area contributed by atoms with E-state index in [9.17, 15) is 13.2 Å². The fraction of sp³-hybridized carbons (Fsp3) is 0.263. The van der Waals surface area contributed by atoms with Crippen LogP contribution in [0.5, 0.6) is 0 Å². The van der Waals surface area contributed by atoms with Crippen LogP contribution in [0.2, 0.25) is 0 Å². The largest absolute Gasteiger partial charge is 0.345 e. The summed E-state index contributed by atoms with van der Waals surface area (Å²) in [7, 11) is -3.39. The topological polar surface area (TPSA) is 86.4 Å². The molecule has 1 aromatic heterocycles. The summed E-state index contributed by atoms with van der Waals surface area (Å²) in [6.07, 6.45) is 1.59. The average molecular weight is 384 g/mol. The highest BCUT2D eigenvalue weighted by atomic mass is 32.2. The zero-order valence-electron chi connectivity index (χ0n) is 14.7. The summed E-state index contributed by atoms with van der Waals surface area (Å²) in [5.74, 6) is -0.107. The lowest BCUT2D eigenvalue weighted by atomic mass is 10.1. The Kier molecular flexibility index (Phi) is 4.67. The predicted molar refractivity (Wildman–Crippen MR) is 103 cm³/mol. The van der Waals surface area contributed by atoms with Crippen LogP contribution in [0.4, 0.5) is 0 Å². The van der Waals surface area contributed by atoms with E-state index in [0.29, 0.717) is 31.7 Å². The van der Waals surface area contributed by atoms with Crippen LogP contribution in [0.25, 0.3) is 11.0 Å². The van der Waals surface area contributed by atoms with Crippen LogP contribution >= 0.6 is 0 Å². The summed E-state index contributed by atoms with van der Waals surface area (Å²) in [6.45, 7) is 1.39. The number of fused-ring (bicyclic) bond motifs is 1. The molecule has 7 nitrogen and oxygen atoms in total. The summed E-state index contributed by atoms with van der Waals surface area (Å²) >= 11 is 0. The molecule has 0 atom stereocenters. The smallest absolute Gasteiger partial charge is 0.254 e. The average Bonchev–Trinajstić information content (AvgIpc) is 3.16. The first-order chi connectivity index (χ1) is 13.0. The van der Waals surface area contributed by atoms with E-state index in [-0.39, 0.29) is 11.7 Å². The van der Waals surface area contributed by atoms with E-state index >= 15 is 0 Å². The van der Waals surface area contributed by atoms with Gasteiger partial charge in [0.2, 0.25) is 10.0 Å². The van der Waals surface area contributed by atoms with Crippen molar-refractivity contribution >= 4 is 27.0 Å². The molecule has 1 aliphatic rings. The number of carbonyl (C=O) groups is 1. The van der Waals surface area contributed by atoms with Crippen molar-refractivity contribution in [2.45, 2.75) is 5.75 Å². The van der Waals surface area contributed by atoms with Gasteiger partial charge in [-0.3, -0.25) is 4.79 Å². The van der Waals surface area contributed by atoms with Crippen molar-refractivity contribution in [3.8, 4) is 0 Å². The molecule has 140 valence electrons. The molecule has 1 amide bonds. The monoisotopic (exact) mass is 384 g/mol. The number of nitrogens with zero attached hydrogens (tertiary/aromatic N) is 3. The fourth-order valence-electron chi connectivity index (χ4n) is 3.30. The zero-order valence-corrected chi connectivity index (χ0v) is 15.5. The molecule has 4 rings (SSSR count). The van der Waals surface area contributed by atoms with Crippen molar-refractivity contribution in [2.24, 2.45) is 0 Å². The van der Waals surface area contributed by atoms with E-state index in [1.807, 2.05) is 30.3 Å². The van der Waals surface area contributed by atoms with Crippen LogP contribution in [0.3, 0.4) is 0 Å². The first kappa shape index (κ1) is 17.7. The lowest BCUT2D eigenvalue weighted by molar-refractivity contribution is 0.0698. The van der Waals surface area contributed by atoms with Gasteiger partial charge in [-0.2, -0.15) is 4.31 Å². The number of benzene rings is 2. The third-order valence-corrected chi connectivity index (χ3v) is 6.63. The van der Waals surface area contributed by atoms with E-state index in [1.165, 1.54) is 4.31 Å². The number of nitrogens with one attached hydrogen (secondary N) is 1. The number of carbonyl (C=O) groups excluding carboxylic acids is 1. The molecular formula is C19H20N4O3S.